The number of aromatic nitrogens is 1. The minimum absolute atomic E-state index is 0.0892. The molecule has 28 heavy (non-hydrogen) atoms. The first-order chi connectivity index (χ1) is 13.7. The fourth-order valence-corrected chi connectivity index (χ4v) is 3.30. The zero-order valence-corrected chi connectivity index (χ0v) is 15.3. The summed E-state index contributed by atoms with van der Waals surface area (Å²) < 4.78 is 7.05. The quantitative estimate of drug-likeness (QED) is 0.502. The number of rotatable bonds is 7. The molecule has 0 fully saturated rings. The number of carbonyl (C=O) groups excluding carboxylic acids is 2. The average Bonchev–Trinajstić information content (AvgIpc) is 3.37. The second-order valence-electron chi connectivity index (χ2n) is 6.58. The lowest BCUT2D eigenvalue weighted by Crippen LogP contribution is -2.29. The predicted molar refractivity (Wildman–Crippen MR) is 107 cm³/mol. The third kappa shape index (κ3) is 3.74. The number of hydrogen-bond acceptors (Lipinski definition) is 3. The smallest absolute Gasteiger partial charge is 0.239 e. The Kier molecular flexibility index (Phi) is 5.06. The van der Waals surface area contributed by atoms with Gasteiger partial charge < -0.3 is 14.3 Å². The SMILES string of the molecule is O=C(Cn1cc(C(=O)c2ccco2)c2ccccc21)NCCc1ccccc1. The van der Waals surface area contributed by atoms with E-state index in [1.165, 1.54) is 11.8 Å². The zero-order valence-electron chi connectivity index (χ0n) is 15.3. The molecule has 4 rings (SSSR count). The van der Waals surface area contributed by atoms with E-state index in [0.717, 1.165) is 17.3 Å². The van der Waals surface area contributed by atoms with E-state index in [0.29, 0.717) is 12.1 Å². The normalized spacial score (nSPS) is 10.9. The Balaban J connectivity index is 1.49. The maximum atomic E-state index is 12.7. The van der Waals surface area contributed by atoms with Crippen LogP contribution in [0.25, 0.3) is 10.9 Å². The highest BCUT2D eigenvalue weighted by Gasteiger charge is 2.19. The van der Waals surface area contributed by atoms with Crippen LogP contribution in [0.3, 0.4) is 0 Å². The van der Waals surface area contributed by atoms with Crippen molar-refractivity contribution in [3.05, 3.63) is 96.1 Å². The molecule has 5 nitrogen and oxygen atoms in total. The molecule has 0 saturated heterocycles. The lowest BCUT2D eigenvalue weighted by molar-refractivity contribution is -0.121. The number of para-hydroxylation sites is 1. The van der Waals surface area contributed by atoms with Gasteiger partial charge in [-0.2, -0.15) is 0 Å². The number of carbonyl (C=O) groups is 2. The lowest BCUT2D eigenvalue weighted by atomic mass is 10.1. The Morgan fingerprint density at radius 2 is 1.71 bits per heavy atom. The van der Waals surface area contributed by atoms with E-state index < -0.39 is 0 Å². The van der Waals surface area contributed by atoms with Gasteiger partial charge in [0.25, 0.3) is 0 Å². The van der Waals surface area contributed by atoms with Crippen LogP contribution in [0.15, 0.2) is 83.6 Å². The van der Waals surface area contributed by atoms with Gasteiger partial charge in [-0.3, -0.25) is 9.59 Å². The van der Waals surface area contributed by atoms with Crippen molar-refractivity contribution < 1.29 is 14.0 Å². The van der Waals surface area contributed by atoms with Crippen molar-refractivity contribution in [2.75, 3.05) is 6.54 Å². The van der Waals surface area contributed by atoms with E-state index in [2.05, 4.69) is 5.32 Å². The van der Waals surface area contributed by atoms with Gasteiger partial charge in [-0.1, -0.05) is 48.5 Å². The Bertz CT molecular complexity index is 1100. The van der Waals surface area contributed by atoms with E-state index in [-0.39, 0.29) is 24.0 Å². The molecule has 1 amide bonds. The number of ketones is 1. The van der Waals surface area contributed by atoms with E-state index in [1.54, 1.807) is 18.3 Å². The highest BCUT2D eigenvalue weighted by Crippen LogP contribution is 2.24. The van der Waals surface area contributed by atoms with E-state index >= 15 is 0 Å². The molecule has 0 radical (unpaired) electrons. The Hall–Kier alpha value is -3.60. The second-order valence-corrected chi connectivity index (χ2v) is 6.58. The first-order valence-corrected chi connectivity index (χ1v) is 9.19. The van der Waals surface area contributed by atoms with Crippen LogP contribution in [0, 0.1) is 0 Å². The summed E-state index contributed by atoms with van der Waals surface area (Å²) in [6, 6.07) is 20.9. The van der Waals surface area contributed by atoms with Crippen LogP contribution < -0.4 is 5.32 Å². The summed E-state index contributed by atoms with van der Waals surface area (Å²) in [7, 11) is 0. The molecule has 140 valence electrons. The van der Waals surface area contributed by atoms with Crippen LogP contribution in [-0.2, 0) is 17.8 Å². The van der Waals surface area contributed by atoms with Gasteiger partial charge in [0.1, 0.15) is 6.54 Å². The summed E-state index contributed by atoms with van der Waals surface area (Å²) in [6.45, 7) is 0.723. The minimum atomic E-state index is -0.190. The van der Waals surface area contributed by atoms with Gasteiger partial charge in [0.05, 0.1) is 11.8 Å². The molecule has 0 aliphatic carbocycles. The highest BCUT2D eigenvalue weighted by molar-refractivity contribution is 6.15. The summed E-state index contributed by atoms with van der Waals surface area (Å²) >= 11 is 0. The maximum Gasteiger partial charge on any atom is 0.239 e. The average molecular weight is 372 g/mol. The van der Waals surface area contributed by atoms with Crippen molar-refractivity contribution in [3.8, 4) is 0 Å². The highest BCUT2D eigenvalue weighted by atomic mass is 16.3. The van der Waals surface area contributed by atoms with Gasteiger partial charge in [0.15, 0.2) is 5.76 Å². The predicted octanol–water partition coefficient (Wildman–Crippen LogP) is 3.82. The minimum Gasteiger partial charge on any atom is -0.461 e. The molecule has 0 unspecified atom stereocenters. The molecule has 5 heteroatoms. The first kappa shape index (κ1) is 17.8. The number of nitrogens with one attached hydrogen (secondary N) is 1. The van der Waals surface area contributed by atoms with Crippen LogP contribution in [0.5, 0.6) is 0 Å². The maximum absolute atomic E-state index is 12.7. The number of nitrogens with zero attached hydrogens (tertiary/aromatic N) is 1. The zero-order chi connectivity index (χ0) is 19.3. The largest absolute Gasteiger partial charge is 0.461 e. The molecule has 0 bridgehead atoms. The topological polar surface area (TPSA) is 64.2 Å². The summed E-state index contributed by atoms with van der Waals surface area (Å²) in [4.78, 5) is 25.2. The van der Waals surface area contributed by atoms with E-state index in [9.17, 15) is 9.59 Å². The summed E-state index contributed by atoms with van der Waals surface area (Å²) in [5.41, 5.74) is 2.55. The summed E-state index contributed by atoms with van der Waals surface area (Å²) in [6.07, 6.45) is 3.99. The molecule has 0 aliphatic heterocycles. The molecule has 2 heterocycles. The van der Waals surface area contributed by atoms with Gasteiger partial charge in [-0.15, -0.1) is 0 Å². The lowest BCUT2D eigenvalue weighted by Gasteiger charge is -2.07. The van der Waals surface area contributed by atoms with Crippen LogP contribution in [0.1, 0.15) is 21.7 Å². The Labute approximate surface area is 162 Å². The van der Waals surface area contributed by atoms with Gasteiger partial charge >= 0.3 is 0 Å². The van der Waals surface area contributed by atoms with Crippen LogP contribution in [-0.4, -0.2) is 22.8 Å². The number of fused-ring (bicyclic) bond motifs is 1. The fourth-order valence-electron chi connectivity index (χ4n) is 3.30. The molecule has 2 aromatic carbocycles. The molecule has 0 aliphatic rings. The van der Waals surface area contributed by atoms with Crippen LogP contribution in [0.2, 0.25) is 0 Å². The number of benzene rings is 2. The first-order valence-electron chi connectivity index (χ1n) is 9.19. The summed E-state index contributed by atoms with van der Waals surface area (Å²) in [5, 5.41) is 3.75. The third-order valence-corrected chi connectivity index (χ3v) is 4.67. The second kappa shape index (κ2) is 7.96. The van der Waals surface area contributed by atoms with E-state index in [4.69, 9.17) is 4.42 Å². The standard InChI is InChI=1S/C23H20N2O3/c26-22(24-13-12-17-7-2-1-3-8-17)16-25-15-19(18-9-4-5-10-20(18)25)23(27)21-11-6-14-28-21/h1-11,14-15H,12-13,16H2,(H,24,26). The Morgan fingerprint density at radius 1 is 0.929 bits per heavy atom. The van der Waals surface area contributed by atoms with Crippen LogP contribution >= 0.6 is 0 Å². The molecule has 0 atom stereocenters. The van der Waals surface area contributed by atoms with Gasteiger partial charge in [-0.25, -0.2) is 0 Å². The van der Waals surface area contributed by atoms with Crippen molar-refractivity contribution in [1.82, 2.24) is 9.88 Å². The monoisotopic (exact) mass is 372 g/mol. The molecule has 0 saturated carbocycles. The van der Waals surface area contributed by atoms with Crippen molar-refractivity contribution in [2.24, 2.45) is 0 Å². The molecule has 0 spiro atoms. The van der Waals surface area contributed by atoms with Crippen molar-refractivity contribution in [3.63, 3.8) is 0 Å². The fraction of sp³-hybridized carbons (Fsp3) is 0.130. The number of hydrogen-bond donors (Lipinski definition) is 1. The molecule has 4 aromatic rings. The summed E-state index contributed by atoms with van der Waals surface area (Å²) in [5.74, 6) is 0.00772. The number of amides is 1. The Morgan fingerprint density at radius 3 is 2.50 bits per heavy atom. The van der Waals surface area contributed by atoms with E-state index in [1.807, 2.05) is 59.2 Å². The molecule has 1 N–H and O–H groups in total. The van der Waals surface area contributed by atoms with Gasteiger partial charge in [0, 0.05) is 23.6 Å². The van der Waals surface area contributed by atoms with Crippen molar-refractivity contribution in [1.29, 1.82) is 0 Å². The van der Waals surface area contributed by atoms with Gasteiger partial charge in [0.2, 0.25) is 11.7 Å². The van der Waals surface area contributed by atoms with Gasteiger partial charge in [-0.05, 0) is 30.2 Å². The molecular weight excluding hydrogens is 352 g/mol. The molecular formula is C23H20N2O3. The van der Waals surface area contributed by atoms with Crippen LogP contribution in [0.4, 0.5) is 0 Å². The third-order valence-electron chi connectivity index (χ3n) is 4.67. The number of furan rings is 1. The van der Waals surface area contributed by atoms with Crippen molar-refractivity contribution >= 4 is 22.6 Å². The molecule has 2 aromatic heterocycles. The van der Waals surface area contributed by atoms with Crippen molar-refractivity contribution in [2.45, 2.75) is 13.0 Å².